The molecule has 1 atom stereocenters. The fourth-order valence-electron chi connectivity index (χ4n) is 1.35. The highest BCUT2D eigenvalue weighted by atomic mass is 14.9. The van der Waals surface area contributed by atoms with Gasteiger partial charge >= 0.3 is 0 Å². The lowest BCUT2D eigenvalue weighted by molar-refractivity contribution is 0.464. The lowest BCUT2D eigenvalue weighted by atomic mass is 10.2. The van der Waals surface area contributed by atoms with E-state index in [9.17, 15) is 0 Å². The molecular formula is C9H14N2. The first-order valence-corrected chi connectivity index (χ1v) is 4.11. The standard InChI is InChI=1S/C9H14N2/c1-8(6-7-10)11-9-4-2-3-5-9/h2-3,8-9,11H,4-6H2,1H3. The molecule has 0 aromatic carbocycles. The first kappa shape index (κ1) is 8.29. The van der Waals surface area contributed by atoms with Gasteiger partial charge in [-0.25, -0.2) is 0 Å². The highest BCUT2D eigenvalue weighted by Gasteiger charge is 2.11. The Balaban J connectivity index is 2.15. The summed E-state index contributed by atoms with van der Waals surface area (Å²) in [5.74, 6) is 0. The Hall–Kier alpha value is -0.810. The van der Waals surface area contributed by atoms with Gasteiger partial charge in [0.1, 0.15) is 0 Å². The summed E-state index contributed by atoms with van der Waals surface area (Å²) in [6, 6.07) is 3.08. The van der Waals surface area contributed by atoms with Gasteiger partial charge in [-0.2, -0.15) is 5.26 Å². The molecule has 0 spiro atoms. The van der Waals surface area contributed by atoms with Crippen LogP contribution in [-0.2, 0) is 0 Å². The first-order chi connectivity index (χ1) is 5.33. The van der Waals surface area contributed by atoms with Gasteiger partial charge in [-0.05, 0) is 19.8 Å². The minimum Gasteiger partial charge on any atom is -0.310 e. The molecule has 1 unspecified atom stereocenters. The van der Waals surface area contributed by atoms with Crippen molar-refractivity contribution < 1.29 is 0 Å². The third-order valence-electron chi connectivity index (χ3n) is 1.93. The molecule has 60 valence electrons. The van der Waals surface area contributed by atoms with E-state index in [4.69, 9.17) is 5.26 Å². The fourth-order valence-corrected chi connectivity index (χ4v) is 1.35. The molecule has 0 aromatic heterocycles. The zero-order valence-corrected chi connectivity index (χ0v) is 6.88. The van der Waals surface area contributed by atoms with E-state index < -0.39 is 0 Å². The third kappa shape index (κ3) is 2.73. The summed E-state index contributed by atoms with van der Waals surface area (Å²) >= 11 is 0. The summed E-state index contributed by atoms with van der Waals surface area (Å²) in [7, 11) is 0. The van der Waals surface area contributed by atoms with Crippen LogP contribution in [0.2, 0.25) is 0 Å². The molecule has 0 aromatic rings. The Morgan fingerprint density at radius 2 is 2.27 bits per heavy atom. The summed E-state index contributed by atoms with van der Waals surface area (Å²) in [5.41, 5.74) is 0. The molecular weight excluding hydrogens is 136 g/mol. The van der Waals surface area contributed by atoms with Crippen LogP contribution in [-0.4, -0.2) is 12.1 Å². The molecule has 1 N–H and O–H groups in total. The second-order valence-electron chi connectivity index (χ2n) is 3.07. The average Bonchev–Trinajstić information content (AvgIpc) is 2.40. The fraction of sp³-hybridized carbons (Fsp3) is 0.667. The van der Waals surface area contributed by atoms with Gasteiger partial charge in [0.2, 0.25) is 0 Å². The summed E-state index contributed by atoms with van der Waals surface area (Å²) in [6.07, 6.45) is 7.23. The Morgan fingerprint density at radius 3 is 2.82 bits per heavy atom. The van der Waals surface area contributed by atoms with E-state index in [1.54, 1.807) is 0 Å². The zero-order chi connectivity index (χ0) is 8.10. The van der Waals surface area contributed by atoms with Crippen LogP contribution in [0.1, 0.15) is 26.2 Å². The Labute approximate surface area is 67.9 Å². The number of rotatable bonds is 3. The van der Waals surface area contributed by atoms with E-state index in [0.717, 1.165) is 12.8 Å². The van der Waals surface area contributed by atoms with Crippen molar-refractivity contribution >= 4 is 0 Å². The number of hydrogen-bond donors (Lipinski definition) is 1. The van der Waals surface area contributed by atoms with Crippen molar-refractivity contribution in [2.24, 2.45) is 0 Å². The molecule has 0 fully saturated rings. The smallest absolute Gasteiger partial charge is 0.0638 e. The summed E-state index contributed by atoms with van der Waals surface area (Å²) in [5, 5.41) is 11.8. The van der Waals surface area contributed by atoms with Crippen molar-refractivity contribution in [3.63, 3.8) is 0 Å². The number of nitriles is 1. The zero-order valence-electron chi connectivity index (χ0n) is 6.88. The highest BCUT2D eigenvalue weighted by molar-refractivity contribution is 4.98. The molecule has 0 bridgehead atoms. The van der Waals surface area contributed by atoms with Gasteiger partial charge in [0.05, 0.1) is 12.5 Å². The molecule has 0 saturated carbocycles. The molecule has 0 radical (unpaired) electrons. The third-order valence-corrected chi connectivity index (χ3v) is 1.93. The van der Waals surface area contributed by atoms with Crippen molar-refractivity contribution in [2.45, 2.75) is 38.3 Å². The van der Waals surface area contributed by atoms with E-state index in [1.807, 2.05) is 0 Å². The van der Waals surface area contributed by atoms with Gasteiger partial charge in [0.25, 0.3) is 0 Å². The largest absolute Gasteiger partial charge is 0.310 e. The topological polar surface area (TPSA) is 35.8 Å². The normalized spacial score (nSPS) is 20.0. The predicted octanol–water partition coefficient (Wildman–Crippen LogP) is 1.60. The van der Waals surface area contributed by atoms with E-state index >= 15 is 0 Å². The van der Waals surface area contributed by atoms with Crippen LogP contribution in [0.5, 0.6) is 0 Å². The molecule has 0 saturated heterocycles. The minimum absolute atomic E-state index is 0.338. The van der Waals surface area contributed by atoms with E-state index in [0.29, 0.717) is 18.5 Å². The summed E-state index contributed by atoms with van der Waals surface area (Å²) < 4.78 is 0. The molecule has 1 aliphatic carbocycles. The molecule has 11 heavy (non-hydrogen) atoms. The van der Waals surface area contributed by atoms with Crippen LogP contribution in [0.3, 0.4) is 0 Å². The minimum atomic E-state index is 0.338. The maximum absolute atomic E-state index is 8.40. The molecule has 1 aliphatic rings. The van der Waals surface area contributed by atoms with Crippen LogP contribution in [0.25, 0.3) is 0 Å². The highest BCUT2D eigenvalue weighted by Crippen LogP contribution is 2.10. The van der Waals surface area contributed by atoms with Gasteiger partial charge in [0.15, 0.2) is 0 Å². The quantitative estimate of drug-likeness (QED) is 0.620. The van der Waals surface area contributed by atoms with Crippen molar-refractivity contribution in [1.82, 2.24) is 5.32 Å². The number of nitrogens with one attached hydrogen (secondary N) is 1. The monoisotopic (exact) mass is 150 g/mol. The van der Waals surface area contributed by atoms with Crippen LogP contribution < -0.4 is 5.32 Å². The van der Waals surface area contributed by atoms with Crippen molar-refractivity contribution in [3.8, 4) is 6.07 Å². The van der Waals surface area contributed by atoms with Gasteiger partial charge in [-0.3, -0.25) is 0 Å². The summed E-state index contributed by atoms with van der Waals surface area (Å²) in [6.45, 7) is 2.06. The molecule has 0 amide bonds. The number of hydrogen-bond acceptors (Lipinski definition) is 2. The lowest BCUT2D eigenvalue weighted by Crippen LogP contribution is -2.34. The van der Waals surface area contributed by atoms with Gasteiger partial charge in [-0.1, -0.05) is 12.2 Å². The molecule has 0 heterocycles. The Morgan fingerprint density at radius 1 is 1.64 bits per heavy atom. The van der Waals surface area contributed by atoms with E-state index in [-0.39, 0.29) is 0 Å². The molecule has 0 aliphatic heterocycles. The Kier molecular flexibility index (Phi) is 3.13. The van der Waals surface area contributed by atoms with Crippen molar-refractivity contribution in [1.29, 1.82) is 5.26 Å². The van der Waals surface area contributed by atoms with Crippen LogP contribution in [0.4, 0.5) is 0 Å². The van der Waals surface area contributed by atoms with Crippen LogP contribution in [0, 0.1) is 11.3 Å². The lowest BCUT2D eigenvalue weighted by Gasteiger charge is -2.16. The molecule has 1 rings (SSSR count). The second-order valence-corrected chi connectivity index (χ2v) is 3.07. The summed E-state index contributed by atoms with van der Waals surface area (Å²) in [4.78, 5) is 0. The molecule has 2 nitrogen and oxygen atoms in total. The second kappa shape index (κ2) is 4.15. The van der Waals surface area contributed by atoms with E-state index in [1.165, 1.54) is 0 Å². The molecule has 2 heteroatoms. The van der Waals surface area contributed by atoms with Crippen molar-refractivity contribution in [3.05, 3.63) is 12.2 Å². The van der Waals surface area contributed by atoms with Gasteiger partial charge < -0.3 is 5.32 Å². The SMILES string of the molecule is CC(CC#N)NC1CC=CC1. The first-order valence-electron chi connectivity index (χ1n) is 4.11. The Bertz CT molecular complexity index is 170. The maximum atomic E-state index is 8.40. The van der Waals surface area contributed by atoms with Crippen molar-refractivity contribution in [2.75, 3.05) is 0 Å². The van der Waals surface area contributed by atoms with Gasteiger partial charge in [-0.15, -0.1) is 0 Å². The number of nitrogens with zero attached hydrogens (tertiary/aromatic N) is 1. The average molecular weight is 150 g/mol. The van der Waals surface area contributed by atoms with Gasteiger partial charge in [0, 0.05) is 12.1 Å². The predicted molar refractivity (Wildman–Crippen MR) is 45.0 cm³/mol. The maximum Gasteiger partial charge on any atom is 0.0638 e. The van der Waals surface area contributed by atoms with Crippen LogP contribution >= 0.6 is 0 Å². The van der Waals surface area contributed by atoms with Crippen LogP contribution in [0.15, 0.2) is 12.2 Å². The van der Waals surface area contributed by atoms with E-state index in [2.05, 4.69) is 30.5 Å².